The summed E-state index contributed by atoms with van der Waals surface area (Å²) in [7, 11) is 0. The van der Waals surface area contributed by atoms with Gasteiger partial charge < -0.3 is 0 Å². The summed E-state index contributed by atoms with van der Waals surface area (Å²) in [6.45, 7) is 5.96. The molecule has 0 heteroatoms. The first-order valence-electron chi connectivity index (χ1n) is 4.86. The van der Waals surface area contributed by atoms with E-state index in [0.29, 0.717) is 0 Å². The minimum Gasteiger partial charge on any atom is -0.103 e. The molecule has 1 rings (SSSR count). The highest BCUT2D eigenvalue weighted by atomic mass is 14.1. The van der Waals surface area contributed by atoms with Crippen LogP contribution in [0.1, 0.15) is 39.0 Å². The molecule has 0 atom stereocenters. The molecule has 0 heterocycles. The Morgan fingerprint density at radius 3 is 2.92 bits per heavy atom. The largest absolute Gasteiger partial charge is 0.103 e. The summed E-state index contributed by atoms with van der Waals surface area (Å²) < 4.78 is 0. The third kappa shape index (κ3) is 2.37. The molecule has 0 radical (unpaired) electrons. The van der Waals surface area contributed by atoms with Crippen molar-refractivity contribution in [2.45, 2.75) is 39.0 Å². The van der Waals surface area contributed by atoms with Crippen molar-refractivity contribution in [1.29, 1.82) is 0 Å². The number of rotatable bonds is 4. The van der Waals surface area contributed by atoms with E-state index in [1.165, 1.54) is 19.3 Å². The van der Waals surface area contributed by atoms with Gasteiger partial charge in [0.1, 0.15) is 0 Å². The molecule has 0 aromatic heterocycles. The Morgan fingerprint density at radius 2 is 2.25 bits per heavy atom. The van der Waals surface area contributed by atoms with Crippen LogP contribution < -0.4 is 0 Å². The lowest BCUT2D eigenvalue weighted by Gasteiger charge is -1.98. The highest BCUT2D eigenvalue weighted by molar-refractivity contribution is 5.30. The fraction of sp³-hybridized carbons (Fsp3) is 0.500. The number of hydrogen-bond acceptors (Lipinski definition) is 0. The van der Waals surface area contributed by atoms with Crippen molar-refractivity contribution in [3.8, 4) is 0 Å². The zero-order valence-electron chi connectivity index (χ0n) is 7.97. The first kappa shape index (κ1) is 9.31. The van der Waals surface area contributed by atoms with Gasteiger partial charge in [-0.1, -0.05) is 30.7 Å². The van der Waals surface area contributed by atoms with Crippen LogP contribution in [-0.4, -0.2) is 0 Å². The maximum atomic E-state index is 3.78. The second-order valence-electron chi connectivity index (χ2n) is 3.29. The molecular formula is C12H18. The van der Waals surface area contributed by atoms with Gasteiger partial charge in [-0.3, -0.25) is 0 Å². The molecule has 66 valence electrons. The van der Waals surface area contributed by atoms with E-state index in [1.807, 2.05) is 6.08 Å². The summed E-state index contributed by atoms with van der Waals surface area (Å²) in [5, 5.41) is 0. The number of hydrogen-bond donors (Lipinski definition) is 0. The summed E-state index contributed by atoms with van der Waals surface area (Å²) in [5.41, 5.74) is 3.17. The summed E-state index contributed by atoms with van der Waals surface area (Å²) in [6.07, 6.45) is 12.7. The molecule has 0 N–H and O–H groups in total. The van der Waals surface area contributed by atoms with Gasteiger partial charge in [0.05, 0.1) is 0 Å². The second kappa shape index (κ2) is 4.97. The predicted octanol–water partition coefficient (Wildman–Crippen LogP) is 4.01. The van der Waals surface area contributed by atoms with Gasteiger partial charge in [0.15, 0.2) is 0 Å². The Hall–Kier alpha value is -0.780. The standard InChI is InChI=1S/C12H18/c1-3-5-8-12-10-6-9-11(12)7-4-2/h4-5,8H,2-3,6-7,9-10H2,1H3/b8-5-. The predicted molar refractivity (Wildman–Crippen MR) is 55.1 cm³/mol. The van der Waals surface area contributed by atoms with Crippen molar-refractivity contribution in [2.24, 2.45) is 0 Å². The van der Waals surface area contributed by atoms with Crippen LogP contribution >= 0.6 is 0 Å². The minimum atomic E-state index is 1.09. The van der Waals surface area contributed by atoms with Gasteiger partial charge in [0.2, 0.25) is 0 Å². The van der Waals surface area contributed by atoms with E-state index in [1.54, 1.807) is 11.1 Å². The normalized spacial score (nSPS) is 17.8. The van der Waals surface area contributed by atoms with Crippen LogP contribution in [0.25, 0.3) is 0 Å². The van der Waals surface area contributed by atoms with Gasteiger partial charge >= 0.3 is 0 Å². The minimum absolute atomic E-state index is 1.09. The van der Waals surface area contributed by atoms with Crippen LogP contribution in [0.4, 0.5) is 0 Å². The topological polar surface area (TPSA) is 0 Å². The molecule has 0 spiro atoms. The van der Waals surface area contributed by atoms with Crippen molar-refractivity contribution in [2.75, 3.05) is 0 Å². The fourth-order valence-electron chi connectivity index (χ4n) is 1.70. The van der Waals surface area contributed by atoms with Crippen LogP contribution in [0.15, 0.2) is 36.0 Å². The molecule has 0 aromatic carbocycles. The summed E-state index contributed by atoms with van der Waals surface area (Å²) in [4.78, 5) is 0. The van der Waals surface area contributed by atoms with Crippen LogP contribution in [0.5, 0.6) is 0 Å². The maximum Gasteiger partial charge on any atom is -0.0136 e. The molecule has 1 aliphatic carbocycles. The maximum absolute atomic E-state index is 3.78. The smallest absolute Gasteiger partial charge is 0.0136 e. The molecule has 0 bridgehead atoms. The quantitative estimate of drug-likeness (QED) is 0.548. The van der Waals surface area contributed by atoms with Crippen molar-refractivity contribution < 1.29 is 0 Å². The van der Waals surface area contributed by atoms with Gasteiger partial charge in [-0.05, 0) is 37.7 Å². The van der Waals surface area contributed by atoms with E-state index >= 15 is 0 Å². The molecule has 1 aliphatic rings. The molecule has 0 fully saturated rings. The molecule has 12 heavy (non-hydrogen) atoms. The first-order valence-corrected chi connectivity index (χ1v) is 4.86. The lowest BCUT2D eigenvalue weighted by atomic mass is 10.1. The monoisotopic (exact) mass is 162 g/mol. The van der Waals surface area contributed by atoms with Crippen molar-refractivity contribution in [3.05, 3.63) is 36.0 Å². The van der Waals surface area contributed by atoms with E-state index in [9.17, 15) is 0 Å². The van der Waals surface area contributed by atoms with Crippen LogP contribution in [-0.2, 0) is 0 Å². The summed E-state index contributed by atoms with van der Waals surface area (Å²) in [6, 6.07) is 0. The molecule has 0 aliphatic heterocycles. The molecule has 0 saturated carbocycles. The van der Waals surface area contributed by atoms with Crippen LogP contribution in [0.3, 0.4) is 0 Å². The van der Waals surface area contributed by atoms with Gasteiger partial charge in [-0.25, -0.2) is 0 Å². The van der Waals surface area contributed by atoms with Gasteiger partial charge in [0.25, 0.3) is 0 Å². The van der Waals surface area contributed by atoms with E-state index in [-0.39, 0.29) is 0 Å². The Bertz CT molecular complexity index is 206. The summed E-state index contributed by atoms with van der Waals surface area (Å²) >= 11 is 0. The molecular weight excluding hydrogens is 144 g/mol. The average molecular weight is 162 g/mol. The third-order valence-corrected chi connectivity index (χ3v) is 2.32. The summed E-state index contributed by atoms with van der Waals surface area (Å²) in [5.74, 6) is 0. The lowest BCUT2D eigenvalue weighted by molar-refractivity contribution is 0.888. The van der Waals surface area contributed by atoms with E-state index in [2.05, 4.69) is 25.7 Å². The SMILES string of the molecule is C=CCC1=C(/C=C\CC)CCC1. The average Bonchev–Trinajstić information content (AvgIpc) is 2.50. The Morgan fingerprint density at radius 1 is 1.42 bits per heavy atom. The highest BCUT2D eigenvalue weighted by Gasteiger charge is 2.09. The van der Waals surface area contributed by atoms with E-state index < -0.39 is 0 Å². The molecule has 0 amide bonds. The Labute approximate surface area is 75.7 Å². The van der Waals surface area contributed by atoms with E-state index in [4.69, 9.17) is 0 Å². The van der Waals surface area contributed by atoms with Gasteiger partial charge in [-0.2, -0.15) is 0 Å². The van der Waals surface area contributed by atoms with Crippen LogP contribution in [0.2, 0.25) is 0 Å². The first-order chi connectivity index (χ1) is 5.88. The van der Waals surface area contributed by atoms with Crippen molar-refractivity contribution in [3.63, 3.8) is 0 Å². The third-order valence-electron chi connectivity index (χ3n) is 2.32. The zero-order chi connectivity index (χ0) is 8.81. The van der Waals surface area contributed by atoms with Gasteiger partial charge in [-0.15, -0.1) is 6.58 Å². The van der Waals surface area contributed by atoms with Gasteiger partial charge in [0, 0.05) is 0 Å². The molecule has 0 nitrogen and oxygen atoms in total. The highest BCUT2D eigenvalue weighted by Crippen LogP contribution is 2.29. The molecule has 0 aromatic rings. The zero-order valence-corrected chi connectivity index (χ0v) is 7.97. The Kier molecular flexibility index (Phi) is 3.86. The van der Waals surface area contributed by atoms with E-state index in [0.717, 1.165) is 12.8 Å². The van der Waals surface area contributed by atoms with Crippen molar-refractivity contribution in [1.82, 2.24) is 0 Å². The van der Waals surface area contributed by atoms with Crippen LogP contribution in [0, 0.1) is 0 Å². The number of allylic oxidation sites excluding steroid dienone is 5. The lowest BCUT2D eigenvalue weighted by Crippen LogP contribution is -1.78. The Balaban J connectivity index is 2.62. The van der Waals surface area contributed by atoms with Crippen molar-refractivity contribution >= 4 is 0 Å². The molecule has 0 unspecified atom stereocenters. The molecule has 0 saturated heterocycles. The second-order valence-corrected chi connectivity index (χ2v) is 3.29. The fourth-order valence-corrected chi connectivity index (χ4v) is 1.70.